The number of ether oxygens (including phenoxy) is 1. The molecule has 11 heavy (non-hydrogen) atoms. The van der Waals surface area contributed by atoms with Gasteiger partial charge in [-0.15, -0.1) is 0 Å². The third-order valence-electron chi connectivity index (χ3n) is 2.04. The van der Waals surface area contributed by atoms with E-state index in [0.717, 1.165) is 0 Å². The van der Waals surface area contributed by atoms with Gasteiger partial charge in [0.25, 0.3) is 5.91 Å². The second-order valence-corrected chi connectivity index (χ2v) is 2.80. The Morgan fingerprint density at radius 2 is 2.09 bits per heavy atom. The molecule has 1 amide bonds. The molecule has 0 aliphatic carbocycles. The number of hydrogen-bond acceptors (Lipinski definition) is 2. The van der Waals surface area contributed by atoms with Gasteiger partial charge in [0.1, 0.15) is 0 Å². The third kappa shape index (κ3) is 1.42. The zero-order valence-electron chi connectivity index (χ0n) is 7.13. The Balaban J connectivity index is 2.67. The highest BCUT2D eigenvalue weighted by Crippen LogP contribution is 2.22. The van der Waals surface area contributed by atoms with Crippen LogP contribution in [0.15, 0.2) is 4.99 Å². The highest BCUT2D eigenvalue weighted by Gasteiger charge is 2.32. The van der Waals surface area contributed by atoms with Crippen LogP contribution in [-0.2, 0) is 9.53 Å². The van der Waals surface area contributed by atoms with Gasteiger partial charge in [-0.1, -0.05) is 13.8 Å². The lowest BCUT2D eigenvalue weighted by atomic mass is 9.99. The Hall–Kier alpha value is -0.860. The summed E-state index contributed by atoms with van der Waals surface area (Å²) in [5.74, 6) is 0.699. The fourth-order valence-electron chi connectivity index (χ4n) is 1.05. The minimum Gasteiger partial charge on any atom is -0.481 e. The predicted molar refractivity (Wildman–Crippen MR) is 42.4 cm³/mol. The highest BCUT2D eigenvalue weighted by molar-refractivity contribution is 6.01. The maximum atomic E-state index is 11.0. The highest BCUT2D eigenvalue weighted by atomic mass is 16.5. The van der Waals surface area contributed by atoms with E-state index in [1.807, 2.05) is 20.8 Å². The minimum atomic E-state index is -0.0547. The average Bonchev–Trinajstić information content (AvgIpc) is 2.19. The first-order valence-corrected chi connectivity index (χ1v) is 3.92. The van der Waals surface area contributed by atoms with E-state index in [4.69, 9.17) is 4.74 Å². The molecule has 0 aromatic heterocycles. The van der Waals surface area contributed by atoms with Gasteiger partial charge >= 0.3 is 0 Å². The van der Waals surface area contributed by atoms with Crippen LogP contribution >= 0.6 is 0 Å². The number of carbonyl (C=O) groups excluding carboxylic acids is 1. The summed E-state index contributed by atoms with van der Waals surface area (Å²) in [4.78, 5) is 14.8. The molecule has 0 saturated carbocycles. The first-order chi connectivity index (χ1) is 5.16. The lowest BCUT2D eigenvalue weighted by Gasteiger charge is -2.09. The molecule has 1 aliphatic rings. The maximum absolute atomic E-state index is 11.0. The zero-order valence-corrected chi connectivity index (χ0v) is 7.13. The molecule has 2 unspecified atom stereocenters. The minimum absolute atomic E-state index is 0.00319. The maximum Gasteiger partial charge on any atom is 0.252 e. The number of nitrogens with zero attached hydrogens (tertiary/aromatic N) is 1. The molecule has 0 radical (unpaired) electrons. The van der Waals surface area contributed by atoms with Gasteiger partial charge < -0.3 is 4.74 Å². The molecule has 0 spiro atoms. The van der Waals surface area contributed by atoms with Crippen LogP contribution in [0.25, 0.3) is 0 Å². The molecule has 0 bridgehead atoms. The van der Waals surface area contributed by atoms with E-state index in [2.05, 4.69) is 4.99 Å². The van der Waals surface area contributed by atoms with Crippen LogP contribution in [0.2, 0.25) is 0 Å². The standard InChI is InChI=1S/C8H13NO2/c1-4-11-8-6(3)5(2)7(10)9-8/h5-6H,4H2,1-3H3. The Morgan fingerprint density at radius 1 is 1.45 bits per heavy atom. The molecule has 0 aromatic rings. The number of amides is 1. The quantitative estimate of drug-likeness (QED) is 0.571. The van der Waals surface area contributed by atoms with Crippen molar-refractivity contribution in [1.29, 1.82) is 0 Å². The molecule has 0 fully saturated rings. The van der Waals surface area contributed by atoms with E-state index in [0.29, 0.717) is 12.5 Å². The summed E-state index contributed by atoms with van der Waals surface area (Å²) < 4.78 is 5.19. The summed E-state index contributed by atoms with van der Waals surface area (Å²) in [6.07, 6.45) is 0. The first kappa shape index (κ1) is 8.24. The van der Waals surface area contributed by atoms with Crippen molar-refractivity contribution in [2.24, 2.45) is 16.8 Å². The van der Waals surface area contributed by atoms with E-state index in [-0.39, 0.29) is 17.7 Å². The average molecular weight is 155 g/mol. The summed E-state index contributed by atoms with van der Waals surface area (Å²) >= 11 is 0. The first-order valence-electron chi connectivity index (χ1n) is 3.92. The van der Waals surface area contributed by atoms with Crippen molar-refractivity contribution in [1.82, 2.24) is 0 Å². The molecule has 0 aromatic carbocycles. The van der Waals surface area contributed by atoms with Gasteiger partial charge in [-0.05, 0) is 6.92 Å². The van der Waals surface area contributed by atoms with Crippen LogP contribution < -0.4 is 0 Å². The van der Waals surface area contributed by atoms with Crippen LogP contribution in [0.3, 0.4) is 0 Å². The van der Waals surface area contributed by atoms with Crippen LogP contribution in [0.5, 0.6) is 0 Å². The van der Waals surface area contributed by atoms with Gasteiger partial charge in [-0.3, -0.25) is 4.79 Å². The lowest BCUT2D eigenvalue weighted by molar-refractivity contribution is -0.120. The third-order valence-corrected chi connectivity index (χ3v) is 2.04. The molecular formula is C8H13NO2. The van der Waals surface area contributed by atoms with E-state index < -0.39 is 0 Å². The number of rotatable bonds is 1. The van der Waals surface area contributed by atoms with Crippen LogP contribution in [0, 0.1) is 11.8 Å². The van der Waals surface area contributed by atoms with Crippen molar-refractivity contribution >= 4 is 11.8 Å². The van der Waals surface area contributed by atoms with Gasteiger partial charge in [0, 0.05) is 11.8 Å². The summed E-state index contributed by atoms with van der Waals surface area (Å²) in [5.41, 5.74) is 0. The number of hydrogen-bond donors (Lipinski definition) is 0. The van der Waals surface area contributed by atoms with E-state index in [1.54, 1.807) is 0 Å². The molecule has 1 aliphatic heterocycles. The molecule has 3 nitrogen and oxygen atoms in total. The summed E-state index contributed by atoms with van der Waals surface area (Å²) in [5, 5.41) is 0. The topological polar surface area (TPSA) is 38.7 Å². The van der Waals surface area contributed by atoms with Gasteiger partial charge in [-0.25, -0.2) is 0 Å². The van der Waals surface area contributed by atoms with Crippen molar-refractivity contribution in [2.75, 3.05) is 6.61 Å². The van der Waals surface area contributed by atoms with Crippen molar-refractivity contribution in [3.63, 3.8) is 0 Å². The molecule has 0 saturated heterocycles. The van der Waals surface area contributed by atoms with Gasteiger partial charge in [0.2, 0.25) is 0 Å². The molecule has 0 N–H and O–H groups in total. The summed E-state index contributed by atoms with van der Waals surface area (Å²) in [6, 6.07) is 0. The van der Waals surface area contributed by atoms with E-state index in [9.17, 15) is 4.79 Å². The monoisotopic (exact) mass is 155 g/mol. The molecule has 1 heterocycles. The van der Waals surface area contributed by atoms with Crippen molar-refractivity contribution < 1.29 is 9.53 Å². The molecule has 3 heteroatoms. The molecule has 1 rings (SSSR count). The number of carbonyl (C=O) groups is 1. The SMILES string of the molecule is CCOC1=NC(=O)C(C)C1C. The molecule has 62 valence electrons. The Labute approximate surface area is 66.5 Å². The van der Waals surface area contributed by atoms with E-state index in [1.165, 1.54) is 0 Å². The smallest absolute Gasteiger partial charge is 0.252 e. The number of aliphatic imine (C=N–C) groups is 1. The molecule has 2 atom stereocenters. The van der Waals surface area contributed by atoms with E-state index >= 15 is 0 Å². The van der Waals surface area contributed by atoms with Gasteiger partial charge in [0.15, 0.2) is 5.90 Å². The van der Waals surface area contributed by atoms with Crippen LogP contribution in [0.4, 0.5) is 0 Å². The fourth-order valence-corrected chi connectivity index (χ4v) is 1.05. The van der Waals surface area contributed by atoms with Crippen LogP contribution in [-0.4, -0.2) is 18.4 Å². The van der Waals surface area contributed by atoms with Crippen molar-refractivity contribution in [3.8, 4) is 0 Å². The fraction of sp³-hybridized carbons (Fsp3) is 0.750. The normalized spacial score (nSPS) is 30.5. The van der Waals surface area contributed by atoms with Crippen LogP contribution in [0.1, 0.15) is 20.8 Å². The molecular weight excluding hydrogens is 142 g/mol. The zero-order chi connectivity index (χ0) is 8.43. The van der Waals surface area contributed by atoms with Crippen molar-refractivity contribution in [3.05, 3.63) is 0 Å². The largest absolute Gasteiger partial charge is 0.481 e. The summed E-state index contributed by atoms with van der Waals surface area (Å²) in [7, 11) is 0. The Kier molecular flexibility index (Phi) is 2.27. The van der Waals surface area contributed by atoms with Gasteiger partial charge in [0.05, 0.1) is 6.61 Å². The van der Waals surface area contributed by atoms with Gasteiger partial charge in [-0.2, -0.15) is 4.99 Å². The van der Waals surface area contributed by atoms with Crippen molar-refractivity contribution in [2.45, 2.75) is 20.8 Å². The lowest BCUT2D eigenvalue weighted by Crippen LogP contribution is -2.16. The second kappa shape index (κ2) is 3.03. The second-order valence-electron chi connectivity index (χ2n) is 2.80. The Morgan fingerprint density at radius 3 is 2.45 bits per heavy atom. The predicted octanol–water partition coefficient (Wildman–Crippen LogP) is 1.23. The summed E-state index contributed by atoms with van der Waals surface area (Å²) in [6.45, 7) is 6.32. The Bertz CT molecular complexity index is 198.